The van der Waals surface area contributed by atoms with E-state index < -0.39 is 15.6 Å². The molecule has 7 nitrogen and oxygen atoms in total. The van der Waals surface area contributed by atoms with Crippen LogP contribution in [-0.4, -0.2) is 38.6 Å². The van der Waals surface area contributed by atoms with E-state index in [0.717, 1.165) is 11.8 Å². The van der Waals surface area contributed by atoms with Gasteiger partial charge in [0.2, 0.25) is 15.9 Å². The summed E-state index contributed by atoms with van der Waals surface area (Å²) in [6, 6.07) is 14.0. The Labute approximate surface area is 184 Å². The molecule has 0 heterocycles. The zero-order valence-corrected chi connectivity index (χ0v) is 19.5. The van der Waals surface area contributed by atoms with Gasteiger partial charge >= 0.3 is 0 Å². The molecule has 0 aliphatic carbocycles. The quantitative estimate of drug-likeness (QED) is 0.647. The Balaban J connectivity index is 2.04. The molecule has 0 saturated carbocycles. The second kappa shape index (κ2) is 9.96. The molecule has 0 aromatic heterocycles. The molecule has 0 bridgehead atoms. The van der Waals surface area contributed by atoms with Crippen molar-refractivity contribution in [1.29, 1.82) is 0 Å². The first-order chi connectivity index (χ1) is 14.4. The van der Waals surface area contributed by atoms with E-state index in [1.165, 1.54) is 4.31 Å². The number of carbonyl (C=O) groups is 2. The van der Waals surface area contributed by atoms with Crippen LogP contribution in [0.4, 0.5) is 11.4 Å². The predicted molar refractivity (Wildman–Crippen MR) is 125 cm³/mol. The molecule has 0 aliphatic heterocycles. The predicted octanol–water partition coefficient (Wildman–Crippen LogP) is 3.71. The lowest BCUT2D eigenvalue weighted by molar-refractivity contribution is -0.116. The van der Waals surface area contributed by atoms with Crippen LogP contribution in [0.5, 0.6) is 0 Å². The maximum absolute atomic E-state index is 12.5. The topological polar surface area (TPSA) is 95.6 Å². The van der Waals surface area contributed by atoms with Gasteiger partial charge in [0.05, 0.1) is 23.2 Å². The molecular formula is C23H31N3O4S. The first kappa shape index (κ1) is 24.4. The number of nitrogens with zero attached hydrogens (tertiary/aromatic N) is 1. The summed E-state index contributed by atoms with van der Waals surface area (Å²) in [5.41, 5.74) is 1.85. The summed E-state index contributed by atoms with van der Waals surface area (Å²) in [6.45, 7) is 7.68. The molecule has 2 aromatic carbocycles. The molecule has 0 spiro atoms. The third-order valence-corrected chi connectivity index (χ3v) is 5.66. The molecule has 2 N–H and O–H groups in total. The fraction of sp³-hybridized carbons (Fsp3) is 0.391. The van der Waals surface area contributed by atoms with E-state index >= 15 is 0 Å². The minimum absolute atomic E-state index is 0.118. The highest BCUT2D eigenvalue weighted by molar-refractivity contribution is 7.92. The van der Waals surface area contributed by atoms with Crippen molar-refractivity contribution in [2.45, 2.75) is 46.1 Å². The minimum atomic E-state index is -3.48. The molecule has 168 valence electrons. The second-order valence-electron chi connectivity index (χ2n) is 8.52. The first-order valence-electron chi connectivity index (χ1n) is 10.1. The maximum atomic E-state index is 12.5. The van der Waals surface area contributed by atoms with Gasteiger partial charge in [-0.25, -0.2) is 8.42 Å². The van der Waals surface area contributed by atoms with Crippen LogP contribution in [0.1, 0.15) is 49.5 Å². The van der Waals surface area contributed by atoms with Gasteiger partial charge < -0.3 is 10.6 Å². The number of nitrogens with one attached hydrogen (secondary N) is 2. The van der Waals surface area contributed by atoms with Crippen molar-refractivity contribution in [3.63, 3.8) is 0 Å². The van der Waals surface area contributed by atoms with Crippen molar-refractivity contribution in [3.8, 4) is 0 Å². The Morgan fingerprint density at radius 1 is 1.00 bits per heavy atom. The highest BCUT2D eigenvalue weighted by atomic mass is 32.2. The van der Waals surface area contributed by atoms with Crippen LogP contribution in [0.25, 0.3) is 0 Å². The van der Waals surface area contributed by atoms with Gasteiger partial charge in [-0.05, 0) is 57.9 Å². The molecule has 8 heteroatoms. The fourth-order valence-electron chi connectivity index (χ4n) is 3.10. The Bertz CT molecular complexity index is 1040. The van der Waals surface area contributed by atoms with Crippen molar-refractivity contribution >= 4 is 33.2 Å². The van der Waals surface area contributed by atoms with Gasteiger partial charge in [-0.1, -0.05) is 30.3 Å². The normalized spacial score (nSPS) is 11.6. The summed E-state index contributed by atoms with van der Waals surface area (Å²) < 4.78 is 25.9. The van der Waals surface area contributed by atoms with Crippen LogP contribution >= 0.6 is 0 Å². The molecule has 0 aliphatic rings. The van der Waals surface area contributed by atoms with Crippen molar-refractivity contribution in [2.24, 2.45) is 0 Å². The van der Waals surface area contributed by atoms with E-state index in [1.54, 1.807) is 36.4 Å². The van der Waals surface area contributed by atoms with Gasteiger partial charge in [-0.2, -0.15) is 0 Å². The van der Waals surface area contributed by atoms with Crippen molar-refractivity contribution in [2.75, 3.05) is 22.4 Å². The lowest BCUT2D eigenvalue weighted by atomic mass is 10.1. The third kappa shape index (κ3) is 7.40. The fourth-order valence-corrected chi connectivity index (χ4v) is 4.13. The van der Waals surface area contributed by atoms with Crippen LogP contribution < -0.4 is 14.9 Å². The Kier molecular flexibility index (Phi) is 7.84. The molecule has 0 unspecified atom stereocenters. The number of hydrogen-bond acceptors (Lipinski definition) is 4. The van der Waals surface area contributed by atoms with Crippen LogP contribution in [0, 0.1) is 6.92 Å². The SMILES string of the molecule is Cc1ccccc1N(CCCC(=O)Nc1ccccc1C(=O)NC(C)(C)C)S(C)(=O)=O. The monoisotopic (exact) mass is 445 g/mol. The van der Waals surface area contributed by atoms with Crippen LogP contribution in [0.3, 0.4) is 0 Å². The number of anilines is 2. The molecular weight excluding hydrogens is 414 g/mol. The summed E-state index contributed by atoms with van der Waals surface area (Å²) in [7, 11) is -3.48. The van der Waals surface area contributed by atoms with E-state index in [0.29, 0.717) is 23.4 Å². The molecule has 2 aromatic rings. The zero-order chi connectivity index (χ0) is 23.2. The maximum Gasteiger partial charge on any atom is 0.253 e. The smallest absolute Gasteiger partial charge is 0.253 e. The first-order valence-corrected chi connectivity index (χ1v) is 12.0. The minimum Gasteiger partial charge on any atom is -0.347 e. The van der Waals surface area contributed by atoms with Gasteiger partial charge in [0, 0.05) is 18.5 Å². The standard InChI is InChI=1S/C23H31N3O4S/c1-17-11-6-9-14-20(17)26(31(5,29)30)16-10-15-21(27)24-19-13-8-7-12-18(19)22(28)25-23(2,3)4/h6-9,11-14H,10,15-16H2,1-5H3,(H,24,27)(H,25,28). The highest BCUT2D eigenvalue weighted by Crippen LogP contribution is 2.23. The average Bonchev–Trinajstić information content (AvgIpc) is 2.64. The van der Waals surface area contributed by atoms with Crippen LogP contribution in [0.2, 0.25) is 0 Å². The van der Waals surface area contributed by atoms with Gasteiger partial charge in [0.25, 0.3) is 5.91 Å². The van der Waals surface area contributed by atoms with E-state index in [9.17, 15) is 18.0 Å². The summed E-state index contributed by atoms with van der Waals surface area (Å²) in [4.78, 5) is 25.0. The largest absolute Gasteiger partial charge is 0.347 e. The molecule has 31 heavy (non-hydrogen) atoms. The Hall–Kier alpha value is -2.87. The second-order valence-corrected chi connectivity index (χ2v) is 10.4. The van der Waals surface area contributed by atoms with Crippen molar-refractivity contribution in [1.82, 2.24) is 5.32 Å². The summed E-state index contributed by atoms with van der Waals surface area (Å²) in [5.74, 6) is -0.555. The van der Waals surface area contributed by atoms with Gasteiger partial charge in [0.1, 0.15) is 0 Å². The lowest BCUT2D eigenvalue weighted by Crippen LogP contribution is -2.40. The number of para-hydroxylation sites is 2. The van der Waals surface area contributed by atoms with E-state index in [1.807, 2.05) is 39.8 Å². The highest BCUT2D eigenvalue weighted by Gasteiger charge is 2.20. The van der Waals surface area contributed by atoms with Gasteiger partial charge in [-0.15, -0.1) is 0 Å². The lowest BCUT2D eigenvalue weighted by Gasteiger charge is -2.24. The Morgan fingerprint density at radius 2 is 1.61 bits per heavy atom. The van der Waals surface area contributed by atoms with Gasteiger partial charge in [-0.3, -0.25) is 13.9 Å². The molecule has 0 radical (unpaired) electrons. The molecule has 0 atom stereocenters. The zero-order valence-electron chi connectivity index (χ0n) is 18.7. The number of hydrogen-bond donors (Lipinski definition) is 2. The third-order valence-electron chi connectivity index (χ3n) is 4.48. The number of aryl methyl sites for hydroxylation is 1. The number of sulfonamides is 1. The molecule has 0 fully saturated rings. The number of rotatable bonds is 8. The summed E-state index contributed by atoms with van der Waals surface area (Å²) in [6.07, 6.45) is 1.61. The van der Waals surface area contributed by atoms with Crippen molar-refractivity contribution < 1.29 is 18.0 Å². The van der Waals surface area contributed by atoms with E-state index in [-0.39, 0.29) is 24.8 Å². The number of amides is 2. The molecule has 2 amide bonds. The molecule has 2 rings (SSSR count). The average molecular weight is 446 g/mol. The summed E-state index contributed by atoms with van der Waals surface area (Å²) >= 11 is 0. The number of benzene rings is 2. The van der Waals surface area contributed by atoms with Gasteiger partial charge in [0.15, 0.2) is 0 Å². The summed E-state index contributed by atoms with van der Waals surface area (Å²) in [5, 5.41) is 5.66. The van der Waals surface area contributed by atoms with E-state index in [2.05, 4.69) is 10.6 Å². The van der Waals surface area contributed by atoms with Crippen molar-refractivity contribution in [3.05, 3.63) is 59.7 Å². The van der Waals surface area contributed by atoms with Crippen LogP contribution in [-0.2, 0) is 14.8 Å². The van der Waals surface area contributed by atoms with Crippen LogP contribution in [0.15, 0.2) is 48.5 Å². The molecule has 0 saturated heterocycles. The Morgan fingerprint density at radius 3 is 2.23 bits per heavy atom. The number of carbonyl (C=O) groups excluding carboxylic acids is 2. The van der Waals surface area contributed by atoms with E-state index in [4.69, 9.17) is 0 Å².